The molecule has 6 rings (SSSR count). The van der Waals surface area contributed by atoms with E-state index in [4.69, 9.17) is 4.98 Å². The SMILES string of the molecule is O=C(NC1CCCN(C(=O)c2nc(C3CC3)sc2-c2ccc(F)cc2)C1)c1c[nH]c2ccccc12. The molecule has 3 heterocycles. The van der Waals surface area contributed by atoms with E-state index in [0.717, 1.165) is 52.0 Å². The van der Waals surface area contributed by atoms with Gasteiger partial charge in [-0.25, -0.2) is 9.37 Å². The summed E-state index contributed by atoms with van der Waals surface area (Å²) in [7, 11) is 0. The standard InChI is InChI=1S/C27H25FN4O2S/c28-18-11-9-16(10-12-18)24-23(31-26(35-24)17-7-8-17)27(34)32-13-3-4-19(15-32)30-25(33)21-14-29-22-6-2-1-5-20(21)22/h1-2,5-6,9-12,14,17,19,29H,3-4,7-8,13,15H2,(H,30,33). The van der Waals surface area contributed by atoms with Crippen LogP contribution in [-0.4, -0.2) is 45.8 Å². The summed E-state index contributed by atoms with van der Waals surface area (Å²) < 4.78 is 13.5. The lowest BCUT2D eigenvalue weighted by Crippen LogP contribution is -2.49. The van der Waals surface area contributed by atoms with Crippen LogP contribution in [-0.2, 0) is 0 Å². The molecule has 1 aliphatic carbocycles. The van der Waals surface area contributed by atoms with Crippen LogP contribution < -0.4 is 5.32 Å². The summed E-state index contributed by atoms with van der Waals surface area (Å²) in [6, 6.07) is 13.8. The molecule has 8 heteroatoms. The van der Waals surface area contributed by atoms with E-state index in [2.05, 4.69) is 10.3 Å². The number of benzene rings is 2. The van der Waals surface area contributed by atoms with Crippen LogP contribution >= 0.6 is 11.3 Å². The molecule has 2 aromatic carbocycles. The molecule has 0 spiro atoms. The van der Waals surface area contributed by atoms with Crippen molar-refractivity contribution < 1.29 is 14.0 Å². The molecule has 4 aromatic rings. The summed E-state index contributed by atoms with van der Waals surface area (Å²) in [6.45, 7) is 1.06. The lowest BCUT2D eigenvalue weighted by atomic mass is 10.0. The molecule has 1 saturated heterocycles. The van der Waals surface area contributed by atoms with Crippen LogP contribution in [0, 0.1) is 5.82 Å². The number of para-hydroxylation sites is 1. The third kappa shape index (κ3) is 4.34. The molecule has 2 fully saturated rings. The number of halogens is 1. The zero-order chi connectivity index (χ0) is 23.9. The van der Waals surface area contributed by atoms with E-state index in [0.29, 0.717) is 30.3 Å². The van der Waals surface area contributed by atoms with E-state index in [9.17, 15) is 14.0 Å². The highest BCUT2D eigenvalue weighted by molar-refractivity contribution is 7.15. The Hall–Kier alpha value is -3.52. The first-order chi connectivity index (χ1) is 17.1. The number of rotatable bonds is 5. The lowest BCUT2D eigenvalue weighted by Gasteiger charge is -2.33. The number of nitrogens with one attached hydrogen (secondary N) is 2. The Balaban J connectivity index is 1.21. The summed E-state index contributed by atoms with van der Waals surface area (Å²) >= 11 is 1.54. The molecule has 0 bridgehead atoms. The number of aromatic amines is 1. The molecule has 2 N–H and O–H groups in total. The number of amides is 2. The zero-order valence-corrected chi connectivity index (χ0v) is 19.9. The van der Waals surface area contributed by atoms with Crippen LogP contribution in [0.2, 0.25) is 0 Å². The highest BCUT2D eigenvalue weighted by Gasteiger charge is 2.33. The van der Waals surface area contributed by atoms with Crippen molar-refractivity contribution in [2.45, 2.75) is 37.6 Å². The summed E-state index contributed by atoms with van der Waals surface area (Å²) in [5.41, 5.74) is 2.77. The van der Waals surface area contributed by atoms with Crippen LogP contribution in [0.25, 0.3) is 21.3 Å². The molecule has 1 atom stereocenters. The molecular formula is C27H25FN4O2S. The Labute approximate surface area is 206 Å². The maximum absolute atomic E-state index is 13.6. The summed E-state index contributed by atoms with van der Waals surface area (Å²) in [4.78, 5) is 37.1. The average molecular weight is 489 g/mol. The minimum atomic E-state index is -0.307. The van der Waals surface area contributed by atoms with Crippen molar-refractivity contribution >= 4 is 34.1 Å². The number of hydrogen-bond donors (Lipinski definition) is 2. The number of carbonyl (C=O) groups excluding carboxylic acids is 2. The van der Waals surface area contributed by atoms with Gasteiger partial charge < -0.3 is 15.2 Å². The van der Waals surface area contributed by atoms with Gasteiger partial charge in [0.15, 0.2) is 0 Å². The van der Waals surface area contributed by atoms with Crippen molar-refractivity contribution in [3.8, 4) is 10.4 Å². The van der Waals surface area contributed by atoms with Crippen molar-refractivity contribution in [1.29, 1.82) is 0 Å². The fourth-order valence-corrected chi connectivity index (χ4v) is 5.97. The predicted octanol–water partition coefficient (Wildman–Crippen LogP) is 5.34. The van der Waals surface area contributed by atoms with Crippen molar-refractivity contribution in [2.75, 3.05) is 13.1 Å². The Morgan fingerprint density at radius 1 is 1.09 bits per heavy atom. The maximum Gasteiger partial charge on any atom is 0.274 e. The van der Waals surface area contributed by atoms with E-state index in [1.807, 2.05) is 24.3 Å². The van der Waals surface area contributed by atoms with Gasteiger partial charge in [-0.15, -0.1) is 11.3 Å². The quantitative estimate of drug-likeness (QED) is 0.398. The van der Waals surface area contributed by atoms with Crippen LogP contribution in [0.1, 0.15) is 57.5 Å². The van der Waals surface area contributed by atoms with Gasteiger partial charge in [-0.1, -0.05) is 30.3 Å². The second kappa shape index (κ2) is 8.92. The van der Waals surface area contributed by atoms with Crippen LogP contribution in [0.15, 0.2) is 54.7 Å². The van der Waals surface area contributed by atoms with Gasteiger partial charge in [0.1, 0.15) is 11.5 Å². The predicted molar refractivity (Wildman–Crippen MR) is 134 cm³/mol. The zero-order valence-electron chi connectivity index (χ0n) is 19.1. The number of fused-ring (bicyclic) bond motifs is 1. The van der Waals surface area contributed by atoms with Crippen molar-refractivity contribution in [2.24, 2.45) is 0 Å². The first-order valence-electron chi connectivity index (χ1n) is 12.0. The van der Waals surface area contributed by atoms with E-state index in [1.165, 1.54) is 23.5 Å². The van der Waals surface area contributed by atoms with Gasteiger partial charge in [0.2, 0.25) is 0 Å². The van der Waals surface area contributed by atoms with Crippen LogP contribution in [0.4, 0.5) is 4.39 Å². The van der Waals surface area contributed by atoms with E-state index >= 15 is 0 Å². The summed E-state index contributed by atoms with van der Waals surface area (Å²) in [5, 5.41) is 4.99. The molecule has 1 unspecified atom stereocenters. The van der Waals surface area contributed by atoms with E-state index in [-0.39, 0.29) is 23.7 Å². The normalized spacial score (nSPS) is 18.1. The fraction of sp³-hybridized carbons (Fsp3) is 0.296. The minimum absolute atomic E-state index is 0.126. The molecule has 1 saturated carbocycles. The second-order valence-corrected chi connectivity index (χ2v) is 10.4. The first-order valence-corrected chi connectivity index (χ1v) is 12.8. The monoisotopic (exact) mass is 488 g/mol. The molecule has 0 radical (unpaired) electrons. The maximum atomic E-state index is 13.6. The Morgan fingerprint density at radius 2 is 1.89 bits per heavy atom. The first kappa shape index (κ1) is 22.0. The highest BCUT2D eigenvalue weighted by atomic mass is 32.1. The van der Waals surface area contributed by atoms with Gasteiger partial charge in [0.05, 0.1) is 15.4 Å². The van der Waals surface area contributed by atoms with E-state index in [1.54, 1.807) is 23.2 Å². The average Bonchev–Trinajstić information content (AvgIpc) is 3.48. The van der Waals surface area contributed by atoms with Crippen LogP contribution in [0.3, 0.4) is 0 Å². The highest BCUT2D eigenvalue weighted by Crippen LogP contribution is 2.45. The fourth-order valence-electron chi connectivity index (χ4n) is 4.74. The summed E-state index contributed by atoms with van der Waals surface area (Å²) in [5.74, 6) is -0.152. The van der Waals surface area contributed by atoms with Crippen molar-refractivity contribution in [1.82, 2.24) is 20.2 Å². The van der Waals surface area contributed by atoms with Gasteiger partial charge in [-0.05, 0) is 49.4 Å². The smallest absolute Gasteiger partial charge is 0.274 e. The third-order valence-corrected chi connectivity index (χ3v) is 8.02. The minimum Gasteiger partial charge on any atom is -0.360 e. The molecule has 178 valence electrons. The molecule has 35 heavy (non-hydrogen) atoms. The number of piperidine rings is 1. The Kier molecular flexibility index (Phi) is 5.60. The van der Waals surface area contributed by atoms with Gasteiger partial charge in [0.25, 0.3) is 11.8 Å². The number of hydrogen-bond acceptors (Lipinski definition) is 4. The topological polar surface area (TPSA) is 78.1 Å². The summed E-state index contributed by atoms with van der Waals surface area (Å²) in [6.07, 6.45) is 5.53. The van der Waals surface area contributed by atoms with Gasteiger partial charge in [0, 0.05) is 42.1 Å². The van der Waals surface area contributed by atoms with Crippen molar-refractivity contribution in [3.05, 3.63) is 76.8 Å². The lowest BCUT2D eigenvalue weighted by molar-refractivity contribution is 0.0672. The number of H-pyrrole nitrogens is 1. The van der Waals surface area contributed by atoms with Gasteiger partial charge in [-0.2, -0.15) is 0 Å². The number of likely N-dealkylation sites (tertiary alicyclic amines) is 1. The molecule has 2 amide bonds. The molecule has 2 aromatic heterocycles. The van der Waals surface area contributed by atoms with E-state index < -0.39 is 0 Å². The molecule has 6 nitrogen and oxygen atoms in total. The number of nitrogens with zero attached hydrogens (tertiary/aromatic N) is 2. The Morgan fingerprint density at radius 3 is 2.69 bits per heavy atom. The molecular weight excluding hydrogens is 463 g/mol. The number of thiazole rings is 1. The second-order valence-electron chi connectivity index (χ2n) is 9.32. The van der Waals surface area contributed by atoms with Crippen LogP contribution in [0.5, 0.6) is 0 Å². The molecule has 2 aliphatic rings. The molecule has 1 aliphatic heterocycles. The number of aromatic nitrogens is 2. The third-order valence-electron chi connectivity index (χ3n) is 6.76. The Bertz CT molecular complexity index is 1410. The number of carbonyl (C=O) groups is 2. The van der Waals surface area contributed by atoms with Gasteiger partial charge >= 0.3 is 0 Å². The largest absolute Gasteiger partial charge is 0.360 e. The van der Waals surface area contributed by atoms with Crippen molar-refractivity contribution in [3.63, 3.8) is 0 Å². The van der Waals surface area contributed by atoms with Gasteiger partial charge in [-0.3, -0.25) is 9.59 Å².